The lowest BCUT2D eigenvalue weighted by Gasteiger charge is -2.43. The van der Waals surface area contributed by atoms with E-state index in [1.54, 1.807) is 0 Å². The maximum Gasteiger partial charge on any atom is 0.140 e. The second-order valence-corrected chi connectivity index (χ2v) is 5.74. The van der Waals surface area contributed by atoms with E-state index in [4.69, 9.17) is 0 Å². The van der Waals surface area contributed by atoms with Crippen LogP contribution in [0, 0.1) is 47.3 Å². The van der Waals surface area contributed by atoms with Gasteiger partial charge in [0.25, 0.3) is 0 Å². The largest absolute Gasteiger partial charge is 0.299 e. The Labute approximate surface area is 71.5 Å². The summed E-state index contributed by atoms with van der Waals surface area (Å²) < 4.78 is 0. The van der Waals surface area contributed by atoms with Crippen LogP contribution >= 0.6 is 0 Å². The van der Waals surface area contributed by atoms with Gasteiger partial charge in [-0.05, 0) is 48.3 Å². The number of hydrogen-bond acceptors (Lipinski definition) is 1. The monoisotopic (exact) mass is 160 g/mol. The van der Waals surface area contributed by atoms with E-state index in [9.17, 15) is 4.79 Å². The summed E-state index contributed by atoms with van der Waals surface area (Å²) in [5.74, 6) is 7.54. The summed E-state index contributed by atoms with van der Waals surface area (Å²) in [4.78, 5) is 11.9. The lowest BCUT2D eigenvalue weighted by atomic mass is 9.60. The third kappa shape index (κ3) is 0.272. The molecule has 0 heterocycles. The predicted octanol–water partition coefficient (Wildman–Crippen LogP) is 1.33. The third-order valence-electron chi connectivity index (χ3n) is 6.02. The molecule has 5 aliphatic rings. The molecule has 8 atom stereocenters. The standard InChI is InChI=1S/C11H12O/c12-11-8-4-2-5-7-3(4)1-6(8)9(7)10(5)11/h3-10H,1-2H2/t3-,4?,5?,6+,7?,8?,9?,10?/m1/s1. The Morgan fingerprint density at radius 2 is 1.58 bits per heavy atom. The van der Waals surface area contributed by atoms with Crippen LogP contribution in [0.4, 0.5) is 0 Å². The van der Waals surface area contributed by atoms with E-state index >= 15 is 0 Å². The van der Waals surface area contributed by atoms with Gasteiger partial charge in [0.15, 0.2) is 0 Å². The molecule has 0 aromatic rings. The summed E-state index contributed by atoms with van der Waals surface area (Å²) in [5, 5.41) is 0. The van der Waals surface area contributed by atoms with Gasteiger partial charge in [-0.2, -0.15) is 0 Å². The zero-order chi connectivity index (χ0) is 7.61. The number of Topliss-reactive ketones (excluding diaryl/α,β-unsaturated/α-hetero) is 1. The van der Waals surface area contributed by atoms with Crippen molar-refractivity contribution in [3.8, 4) is 0 Å². The fraction of sp³-hybridized carbons (Fsp3) is 0.909. The number of carbonyl (C=O) groups excluding carboxylic acids is 1. The smallest absolute Gasteiger partial charge is 0.140 e. The van der Waals surface area contributed by atoms with Crippen LogP contribution in [0.5, 0.6) is 0 Å². The Morgan fingerprint density at radius 3 is 2.50 bits per heavy atom. The van der Waals surface area contributed by atoms with Gasteiger partial charge < -0.3 is 0 Å². The molecule has 5 saturated carbocycles. The van der Waals surface area contributed by atoms with Crippen molar-refractivity contribution in [3.05, 3.63) is 0 Å². The van der Waals surface area contributed by atoms with Crippen LogP contribution in [-0.4, -0.2) is 5.78 Å². The van der Waals surface area contributed by atoms with Gasteiger partial charge in [-0.15, -0.1) is 0 Å². The van der Waals surface area contributed by atoms with E-state index < -0.39 is 0 Å². The SMILES string of the molecule is O=C1C2C3CC4C1[C@@H]1C[C@H]4C3C21. The highest BCUT2D eigenvalue weighted by Crippen LogP contribution is 2.81. The second kappa shape index (κ2) is 1.21. The Kier molecular flexibility index (Phi) is 0.547. The van der Waals surface area contributed by atoms with E-state index in [0.717, 1.165) is 35.5 Å². The van der Waals surface area contributed by atoms with Gasteiger partial charge in [-0.1, -0.05) is 0 Å². The quantitative estimate of drug-likeness (QED) is 0.522. The molecular weight excluding hydrogens is 148 g/mol. The number of carbonyl (C=O) groups is 1. The highest BCUT2D eigenvalue weighted by molar-refractivity contribution is 5.91. The molecule has 0 aromatic heterocycles. The highest BCUT2D eigenvalue weighted by atomic mass is 16.1. The van der Waals surface area contributed by atoms with E-state index in [1.807, 2.05) is 0 Å². The molecule has 12 heavy (non-hydrogen) atoms. The predicted molar refractivity (Wildman–Crippen MR) is 42.2 cm³/mol. The molecule has 5 rings (SSSR count). The van der Waals surface area contributed by atoms with E-state index in [-0.39, 0.29) is 0 Å². The first-order valence-corrected chi connectivity index (χ1v) is 5.41. The molecule has 2 bridgehead atoms. The average molecular weight is 160 g/mol. The molecule has 6 unspecified atom stereocenters. The van der Waals surface area contributed by atoms with Gasteiger partial charge in [-0.25, -0.2) is 0 Å². The molecule has 5 fully saturated rings. The van der Waals surface area contributed by atoms with E-state index in [0.29, 0.717) is 17.6 Å². The molecule has 0 amide bonds. The van der Waals surface area contributed by atoms with Crippen molar-refractivity contribution in [2.45, 2.75) is 12.8 Å². The third-order valence-corrected chi connectivity index (χ3v) is 6.02. The number of rotatable bonds is 0. The van der Waals surface area contributed by atoms with Crippen LogP contribution in [-0.2, 0) is 4.79 Å². The van der Waals surface area contributed by atoms with Gasteiger partial charge >= 0.3 is 0 Å². The van der Waals surface area contributed by atoms with Crippen LogP contribution in [0.15, 0.2) is 0 Å². The minimum Gasteiger partial charge on any atom is -0.299 e. The van der Waals surface area contributed by atoms with Crippen molar-refractivity contribution >= 4 is 5.78 Å². The topological polar surface area (TPSA) is 17.1 Å². The first kappa shape index (κ1) is 5.41. The van der Waals surface area contributed by atoms with Gasteiger partial charge in [0.1, 0.15) is 5.78 Å². The van der Waals surface area contributed by atoms with Crippen molar-refractivity contribution in [1.29, 1.82) is 0 Å². The summed E-state index contributed by atoms with van der Waals surface area (Å²) in [6.45, 7) is 0. The molecule has 0 aromatic carbocycles. The van der Waals surface area contributed by atoms with Crippen LogP contribution in [0.3, 0.4) is 0 Å². The van der Waals surface area contributed by atoms with Crippen molar-refractivity contribution in [3.63, 3.8) is 0 Å². The normalized spacial score (nSPS) is 79.2. The van der Waals surface area contributed by atoms with Gasteiger partial charge in [0.05, 0.1) is 0 Å². The molecule has 5 aliphatic carbocycles. The fourth-order valence-corrected chi connectivity index (χ4v) is 6.10. The Bertz CT molecular complexity index is 315. The zero-order valence-electron chi connectivity index (χ0n) is 6.94. The molecule has 0 saturated heterocycles. The number of fused-ring (bicyclic) bond motifs is 2. The van der Waals surface area contributed by atoms with Gasteiger partial charge in [-0.3, -0.25) is 4.79 Å². The first-order chi connectivity index (χ1) is 5.88. The second-order valence-electron chi connectivity index (χ2n) is 5.74. The fourth-order valence-electron chi connectivity index (χ4n) is 6.10. The lowest BCUT2D eigenvalue weighted by Crippen LogP contribution is -2.44. The number of hydrogen-bond donors (Lipinski definition) is 0. The Morgan fingerprint density at radius 1 is 0.833 bits per heavy atom. The van der Waals surface area contributed by atoms with E-state index in [1.165, 1.54) is 12.8 Å². The maximum atomic E-state index is 11.9. The Hall–Kier alpha value is -0.330. The molecule has 62 valence electrons. The van der Waals surface area contributed by atoms with E-state index in [2.05, 4.69) is 0 Å². The average Bonchev–Trinajstić information content (AvgIpc) is 2.47. The maximum absolute atomic E-state index is 11.9. The van der Waals surface area contributed by atoms with Crippen LogP contribution in [0.1, 0.15) is 12.8 Å². The number of ketones is 1. The first-order valence-electron chi connectivity index (χ1n) is 5.41. The highest BCUT2D eigenvalue weighted by Gasteiger charge is 2.80. The molecule has 1 nitrogen and oxygen atoms in total. The van der Waals surface area contributed by atoms with Crippen LogP contribution in [0.2, 0.25) is 0 Å². The lowest BCUT2D eigenvalue weighted by molar-refractivity contribution is -0.132. The molecule has 0 N–H and O–H groups in total. The summed E-state index contributed by atoms with van der Waals surface area (Å²) in [6, 6.07) is 0. The molecule has 0 radical (unpaired) electrons. The molecular formula is C11H12O. The van der Waals surface area contributed by atoms with Crippen LogP contribution in [0.25, 0.3) is 0 Å². The molecule has 0 spiro atoms. The minimum atomic E-state index is 0.583. The summed E-state index contributed by atoms with van der Waals surface area (Å²) >= 11 is 0. The Balaban J connectivity index is 1.91. The van der Waals surface area contributed by atoms with Crippen molar-refractivity contribution < 1.29 is 4.79 Å². The van der Waals surface area contributed by atoms with Crippen molar-refractivity contribution in [2.24, 2.45) is 47.3 Å². The summed E-state index contributed by atoms with van der Waals surface area (Å²) in [7, 11) is 0. The van der Waals surface area contributed by atoms with Crippen molar-refractivity contribution in [1.82, 2.24) is 0 Å². The van der Waals surface area contributed by atoms with Gasteiger partial charge in [0.2, 0.25) is 0 Å². The van der Waals surface area contributed by atoms with Crippen molar-refractivity contribution in [2.75, 3.05) is 0 Å². The van der Waals surface area contributed by atoms with Crippen LogP contribution < -0.4 is 0 Å². The minimum absolute atomic E-state index is 0.583. The summed E-state index contributed by atoms with van der Waals surface area (Å²) in [6.07, 6.45) is 2.90. The summed E-state index contributed by atoms with van der Waals surface area (Å²) in [5.41, 5.74) is 0. The van der Waals surface area contributed by atoms with Gasteiger partial charge in [0, 0.05) is 11.8 Å². The zero-order valence-corrected chi connectivity index (χ0v) is 6.94. The molecule has 0 aliphatic heterocycles. The molecule has 1 heteroatoms.